The number of hydrogen-bond donors (Lipinski definition) is 1. The van der Waals surface area contributed by atoms with Crippen LogP contribution in [0.2, 0.25) is 5.28 Å². The fraction of sp³-hybridized carbons (Fsp3) is 0.111. The summed E-state index contributed by atoms with van der Waals surface area (Å²) in [7, 11) is 0. The first-order valence-electron chi connectivity index (χ1n) is 3.97. The van der Waals surface area contributed by atoms with E-state index in [9.17, 15) is 0 Å². The largest absolute Gasteiger partial charge is 0.466 e. The van der Waals surface area contributed by atoms with E-state index in [0.717, 1.165) is 5.56 Å². The van der Waals surface area contributed by atoms with Gasteiger partial charge >= 0.3 is 0 Å². The second-order valence-electron chi connectivity index (χ2n) is 2.67. The molecule has 0 aliphatic heterocycles. The van der Waals surface area contributed by atoms with Crippen molar-refractivity contribution in [2.24, 2.45) is 0 Å². The summed E-state index contributed by atoms with van der Waals surface area (Å²) in [6.45, 7) is -0.126. The van der Waals surface area contributed by atoms with Crippen molar-refractivity contribution in [1.82, 2.24) is 9.97 Å². The summed E-state index contributed by atoms with van der Waals surface area (Å²) in [4.78, 5) is 7.77. The topological polar surface area (TPSA) is 59.2 Å². The number of hydrogen-bond acceptors (Lipinski definition) is 4. The summed E-state index contributed by atoms with van der Waals surface area (Å²) in [6.07, 6.45) is 3.08. The number of nitrogens with zero attached hydrogens (tertiary/aromatic N) is 2. The van der Waals surface area contributed by atoms with Gasteiger partial charge in [0.25, 0.3) is 0 Å². The van der Waals surface area contributed by atoms with Crippen LogP contribution in [-0.2, 0) is 6.61 Å². The Hall–Kier alpha value is -1.39. The molecule has 14 heavy (non-hydrogen) atoms. The number of aliphatic hydroxyl groups is 1. The van der Waals surface area contributed by atoms with Crippen LogP contribution < -0.4 is 0 Å². The van der Waals surface area contributed by atoms with E-state index in [1.165, 1.54) is 6.26 Å². The zero-order valence-electron chi connectivity index (χ0n) is 7.14. The van der Waals surface area contributed by atoms with Crippen LogP contribution in [0.3, 0.4) is 0 Å². The second kappa shape index (κ2) is 3.77. The number of furan rings is 1. The van der Waals surface area contributed by atoms with Crippen LogP contribution in [-0.4, -0.2) is 15.1 Å². The van der Waals surface area contributed by atoms with Crippen molar-refractivity contribution in [2.45, 2.75) is 6.61 Å². The van der Waals surface area contributed by atoms with Gasteiger partial charge in [0.1, 0.15) is 18.6 Å². The minimum Gasteiger partial charge on any atom is -0.466 e. The zero-order chi connectivity index (χ0) is 9.97. The Kier molecular flexibility index (Phi) is 2.47. The first-order valence-corrected chi connectivity index (χ1v) is 4.34. The molecule has 1 N–H and O–H groups in total. The summed E-state index contributed by atoms with van der Waals surface area (Å²) in [5, 5.41) is 8.99. The number of aromatic nitrogens is 2. The first kappa shape index (κ1) is 9.18. The Bertz CT molecular complexity index is 442. The van der Waals surface area contributed by atoms with Gasteiger partial charge in [-0.3, -0.25) is 0 Å². The Labute approximate surface area is 85.2 Å². The average molecular weight is 211 g/mol. The Morgan fingerprint density at radius 2 is 2.36 bits per heavy atom. The quantitative estimate of drug-likeness (QED) is 0.769. The van der Waals surface area contributed by atoms with Gasteiger partial charge in [-0.15, -0.1) is 0 Å². The summed E-state index contributed by atoms with van der Waals surface area (Å²) in [6, 6.07) is 3.43. The molecule has 0 aromatic carbocycles. The van der Waals surface area contributed by atoms with Gasteiger partial charge in [-0.2, -0.15) is 0 Å². The first-order chi connectivity index (χ1) is 6.79. The molecule has 0 amide bonds. The molecule has 0 spiro atoms. The third kappa shape index (κ3) is 1.76. The maximum atomic E-state index is 8.80. The highest BCUT2D eigenvalue weighted by molar-refractivity contribution is 6.28. The van der Waals surface area contributed by atoms with Gasteiger partial charge in [0.05, 0.1) is 5.69 Å². The van der Waals surface area contributed by atoms with Crippen molar-refractivity contribution in [3.8, 4) is 11.3 Å². The molecule has 0 saturated carbocycles. The molecule has 0 bridgehead atoms. The van der Waals surface area contributed by atoms with Crippen LogP contribution in [0.25, 0.3) is 11.3 Å². The molecule has 0 aliphatic rings. The zero-order valence-corrected chi connectivity index (χ0v) is 7.90. The minimum atomic E-state index is -0.126. The predicted molar refractivity (Wildman–Crippen MR) is 50.7 cm³/mol. The molecule has 2 aromatic rings. The molecule has 72 valence electrons. The molecule has 2 rings (SSSR count). The van der Waals surface area contributed by atoms with E-state index in [4.69, 9.17) is 21.1 Å². The number of aliphatic hydroxyl groups excluding tert-OH is 1. The SMILES string of the molecule is OCc1cc(-c2ccnc(Cl)n2)co1. The third-order valence-corrected chi connectivity index (χ3v) is 1.91. The fourth-order valence-corrected chi connectivity index (χ4v) is 1.24. The molecular formula is C9H7ClN2O2. The lowest BCUT2D eigenvalue weighted by Crippen LogP contribution is -1.84. The van der Waals surface area contributed by atoms with Crippen LogP contribution in [0.4, 0.5) is 0 Å². The van der Waals surface area contributed by atoms with E-state index in [-0.39, 0.29) is 11.9 Å². The van der Waals surface area contributed by atoms with Crippen molar-refractivity contribution < 1.29 is 9.52 Å². The average Bonchev–Trinajstić information content (AvgIpc) is 2.66. The van der Waals surface area contributed by atoms with E-state index < -0.39 is 0 Å². The van der Waals surface area contributed by atoms with Crippen molar-refractivity contribution in [2.75, 3.05) is 0 Å². The van der Waals surface area contributed by atoms with E-state index >= 15 is 0 Å². The Balaban J connectivity index is 2.39. The highest BCUT2D eigenvalue weighted by atomic mass is 35.5. The molecule has 0 fully saturated rings. The lowest BCUT2D eigenvalue weighted by atomic mass is 10.2. The van der Waals surface area contributed by atoms with E-state index in [2.05, 4.69) is 9.97 Å². The van der Waals surface area contributed by atoms with Crippen molar-refractivity contribution >= 4 is 11.6 Å². The second-order valence-corrected chi connectivity index (χ2v) is 3.01. The van der Waals surface area contributed by atoms with Gasteiger partial charge in [0.2, 0.25) is 5.28 Å². The molecule has 2 heterocycles. The van der Waals surface area contributed by atoms with Crippen LogP contribution in [0.1, 0.15) is 5.76 Å². The summed E-state index contributed by atoms with van der Waals surface area (Å²) < 4.78 is 5.05. The lowest BCUT2D eigenvalue weighted by molar-refractivity contribution is 0.247. The van der Waals surface area contributed by atoms with Crippen molar-refractivity contribution in [3.63, 3.8) is 0 Å². The van der Waals surface area contributed by atoms with Crippen LogP contribution in [0.15, 0.2) is 29.0 Å². The molecule has 0 aliphatic carbocycles. The molecule has 4 nitrogen and oxygen atoms in total. The summed E-state index contributed by atoms with van der Waals surface area (Å²) >= 11 is 5.63. The van der Waals surface area contributed by atoms with Crippen LogP contribution in [0.5, 0.6) is 0 Å². The maximum absolute atomic E-state index is 8.80. The number of halogens is 1. The Morgan fingerprint density at radius 1 is 1.50 bits per heavy atom. The molecular weight excluding hydrogens is 204 g/mol. The van der Waals surface area contributed by atoms with Gasteiger partial charge in [0, 0.05) is 11.8 Å². The molecule has 0 saturated heterocycles. The van der Waals surface area contributed by atoms with E-state index in [1.54, 1.807) is 18.3 Å². The van der Waals surface area contributed by atoms with Crippen molar-refractivity contribution in [1.29, 1.82) is 0 Å². The monoisotopic (exact) mass is 210 g/mol. The molecule has 2 aromatic heterocycles. The van der Waals surface area contributed by atoms with Crippen LogP contribution in [0, 0.1) is 0 Å². The third-order valence-electron chi connectivity index (χ3n) is 1.73. The smallest absolute Gasteiger partial charge is 0.222 e. The summed E-state index contributed by atoms with van der Waals surface area (Å²) in [5.41, 5.74) is 1.45. The minimum absolute atomic E-state index is 0.126. The Morgan fingerprint density at radius 3 is 3.00 bits per heavy atom. The standard InChI is InChI=1S/C9H7ClN2O2/c10-9-11-2-1-8(12-9)6-3-7(4-13)14-5-6/h1-3,5,13H,4H2. The van der Waals surface area contributed by atoms with Gasteiger partial charge in [-0.25, -0.2) is 9.97 Å². The van der Waals surface area contributed by atoms with E-state index in [0.29, 0.717) is 11.5 Å². The van der Waals surface area contributed by atoms with Gasteiger partial charge in [-0.1, -0.05) is 0 Å². The van der Waals surface area contributed by atoms with Crippen molar-refractivity contribution in [3.05, 3.63) is 35.6 Å². The normalized spacial score (nSPS) is 10.4. The molecule has 0 atom stereocenters. The molecule has 0 unspecified atom stereocenters. The van der Waals surface area contributed by atoms with Crippen LogP contribution >= 0.6 is 11.6 Å². The van der Waals surface area contributed by atoms with E-state index in [1.807, 2.05) is 0 Å². The van der Waals surface area contributed by atoms with Gasteiger partial charge < -0.3 is 9.52 Å². The number of rotatable bonds is 2. The predicted octanol–water partition coefficient (Wildman–Crippen LogP) is 1.88. The molecule has 5 heteroatoms. The summed E-state index contributed by atoms with van der Waals surface area (Å²) in [5.74, 6) is 0.495. The van der Waals surface area contributed by atoms with Gasteiger partial charge in [-0.05, 0) is 23.7 Å². The maximum Gasteiger partial charge on any atom is 0.222 e. The highest BCUT2D eigenvalue weighted by Crippen LogP contribution is 2.20. The lowest BCUT2D eigenvalue weighted by Gasteiger charge is -1.94. The fourth-order valence-electron chi connectivity index (χ4n) is 1.09. The highest BCUT2D eigenvalue weighted by Gasteiger charge is 2.05. The van der Waals surface area contributed by atoms with Gasteiger partial charge in [0.15, 0.2) is 0 Å². The molecule has 0 radical (unpaired) electrons.